The van der Waals surface area contributed by atoms with Crippen molar-refractivity contribution in [1.29, 1.82) is 0 Å². The standard InChI is InChI=1S/C29H30N2O4S2/c1-19-7-9-21(10-8-19)16-26-28(33)31(29(36)37-26)13-3-6-27(32)30(17-22-5-4-14-34-22)18-23-11-12-25(35-23)24-15-20(24)2/h4-5,7-12,14,16,20,24H,3,6,13,15,17-18H2,1-2H3/b26-16-. The highest BCUT2D eigenvalue weighted by Crippen LogP contribution is 2.47. The Morgan fingerprint density at radius 1 is 1.16 bits per heavy atom. The van der Waals surface area contributed by atoms with Crippen LogP contribution in [0.1, 0.15) is 60.5 Å². The first-order chi connectivity index (χ1) is 17.9. The Morgan fingerprint density at radius 2 is 1.92 bits per heavy atom. The maximum atomic E-state index is 13.2. The zero-order valence-corrected chi connectivity index (χ0v) is 22.6. The van der Waals surface area contributed by atoms with E-state index in [1.807, 2.05) is 61.5 Å². The molecule has 2 fully saturated rings. The molecular weight excluding hydrogens is 504 g/mol. The molecule has 2 atom stereocenters. The van der Waals surface area contributed by atoms with Crippen LogP contribution < -0.4 is 0 Å². The van der Waals surface area contributed by atoms with Crippen LogP contribution in [0.15, 0.2) is 68.5 Å². The highest BCUT2D eigenvalue weighted by atomic mass is 32.2. The summed E-state index contributed by atoms with van der Waals surface area (Å²) in [6.45, 7) is 5.39. The number of aryl methyl sites for hydroxylation is 1. The number of carbonyl (C=O) groups is 2. The molecule has 8 heteroatoms. The van der Waals surface area contributed by atoms with Gasteiger partial charge in [0.05, 0.1) is 24.3 Å². The zero-order valence-electron chi connectivity index (χ0n) is 21.0. The SMILES string of the molecule is Cc1ccc(/C=C2\SC(=S)N(CCCC(=O)N(Cc3ccco3)Cc3ccc(C4CC4C)o3)C2=O)cc1. The first-order valence-corrected chi connectivity index (χ1v) is 13.8. The topological polar surface area (TPSA) is 66.9 Å². The molecule has 2 amide bonds. The predicted molar refractivity (Wildman–Crippen MR) is 148 cm³/mol. The van der Waals surface area contributed by atoms with Crippen molar-refractivity contribution in [2.24, 2.45) is 5.92 Å². The molecule has 5 rings (SSSR count). The molecule has 37 heavy (non-hydrogen) atoms. The normalized spacial score (nSPS) is 20.2. The van der Waals surface area contributed by atoms with Crippen LogP contribution >= 0.6 is 24.0 Å². The summed E-state index contributed by atoms with van der Waals surface area (Å²) >= 11 is 6.78. The Hall–Kier alpha value is -3.10. The Bertz CT molecular complexity index is 1310. The Balaban J connectivity index is 1.19. The monoisotopic (exact) mass is 534 g/mol. The van der Waals surface area contributed by atoms with E-state index in [1.54, 1.807) is 16.1 Å². The third-order valence-corrected chi connectivity index (χ3v) is 8.18. The largest absolute Gasteiger partial charge is 0.467 e. The Labute approximate surface area is 226 Å². The highest BCUT2D eigenvalue weighted by Gasteiger charge is 2.37. The van der Waals surface area contributed by atoms with E-state index in [0.29, 0.717) is 59.3 Å². The lowest BCUT2D eigenvalue weighted by Crippen LogP contribution is -2.32. The molecule has 192 valence electrons. The van der Waals surface area contributed by atoms with Crippen LogP contribution in [0.2, 0.25) is 0 Å². The fourth-order valence-electron chi connectivity index (χ4n) is 4.46. The van der Waals surface area contributed by atoms with Gasteiger partial charge in [0, 0.05) is 18.9 Å². The number of hydrogen-bond donors (Lipinski definition) is 0. The molecule has 2 aromatic heterocycles. The van der Waals surface area contributed by atoms with E-state index in [1.165, 1.54) is 17.3 Å². The molecule has 3 heterocycles. The molecule has 1 saturated carbocycles. The second kappa shape index (κ2) is 11.1. The average molecular weight is 535 g/mol. The number of nitrogens with zero attached hydrogens (tertiary/aromatic N) is 2. The fourth-order valence-corrected chi connectivity index (χ4v) is 5.77. The minimum Gasteiger partial charge on any atom is -0.467 e. The highest BCUT2D eigenvalue weighted by molar-refractivity contribution is 8.26. The van der Waals surface area contributed by atoms with Crippen molar-refractivity contribution in [2.45, 2.75) is 52.1 Å². The van der Waals surface area contributed by atoms with Gasteiger partial charge >= 0.3 is 0 Å². The maximum absolute atomic E-state index is 13.2. The van der Waals surface area contributed by atoms with E-state index in [0.717, 1.165) is 23.5 Å². The summed E-state index contributed by atoms with van der Waals surface area (Å²) < 4.78 is 12.1. The lowest BCUT2D eigenvalue weighted by molar-refractivity contribution is -0.133. The second-order valence-corrected chi connectivity index (χ2v) is 11.5. The molecule has 2 aliphatic rings. The number of thiocarbonyl (C=S) groups is 1. The number of amides is 2. The quantitative estimate of drug-likeness (QED) is 0.218. The van der Waals surface area contributed by atoms with Gasteiger partial charge in [0.15, 0.2) is 0 Å². The first-order valence-electron chi connectivity index (χ1n) is 12.6. The number of hydrogen-bond acceptors (Lipinski definition) is 6. The lowest BCUT2D eigenvalue weighted by atomic mass is 10.1. The number of furan rings is 2. The van der Waals surface area contributed by atoms with Gasteiger partial charge in [-0.25, -0.2) is 0 Å². The van der Waals surface area contributed by atoms with Gasteiger partial charge in [-0.1, -0.05) is 60.7 Å². The van der Waals surface area contributed by atoms with E-state index in [2.05, 4.69) is 6.92 Å². The average Bonchev–Trinajstić information content (AvgIpc) is 3.24. The van der Waals surface area contributed by atoms with Gasteiger partial charge in [-0.2, -0.15) is 0 Å². The summed E-state index contributed by atoms with van der Waals surface area (Å²) in [5, 5.41) is 0. The smallest absolute Gasteiger partial charge is 0.266 e. The summed E-state index contributed by atoms with van der Waals surface area (Å²) in [6.07, 6.45) is 5.44. The van der Waals surface area contributed by atoms with Crippen LogP contribution in [0.4, 0.5) is 0 Å². The Morgan fingerprint density at radius 3 is 2.62 bits per heavy atom. The van der Waals surface area contributed by atoms with Crippen molar-refractivity contribution < 1.29 is 18.4 Å². The van der Waals surface area contributed by atoms with E-state index in [-0.39, 0.29) is 11.8 Å². The van der Waals surface area contributed by atoms with E-state index >= 15 is 0 Å². The first kappa shape index (κ1) is 25.5. The van der Waals surface area contributed by atoms with Crippen molar-refractivity contribution in [3.8, 4) is 0 Å². The van der Waals surface area contributed by atoms with Crippen molar-refractivity contribution in [3.63, 3.8) is 0 Å². The van der Waals surface area contributed by atoms with Crippen molar-refractivity contribution in [1.82, 2.24) is 9.80 Å². The van der Waals surface area contributed by atoms with E-state index < -0.39 is 0 Å². The molecule has 0 N–H and O–H groups in total. The summed E-state index contributed by atoms with van der Waals surface area (Å²) in [5.74, 6) is 3.52. The van der Waals surface area contributed by atoms with E-state index in [4.69, 9.17) is 21.1 Å². The third-order valence-electron chi connectivity index (χ3n) is 6.80. The van der Waals surface area contributed by atoms with Crippen LogP contribution in [0.5, 0.6) is 0 Å². The predicted octanol–water partition coefficient (Wildman–Crippen LogP) is 6.51. The molecule has 0 bridgehead atoms. The van der Waals surface area contributed by atoms with Gasteiger partial charge < -0.3 is 13.7 Å². The van der Waals surface area contributed by atoms with Crippen LogP contribution in [0.3, 0.4) is 0 Å². The number of rotatable bonds is 10. The number of benzene rings is 1. The maximum Gasteiger partial charge on any atom is 0.266 e. The fraction of sp³-hybridized carbons (Fsp3) is 0.345. The zero-order chi connectivity index (χ0) is 25.9. The van der Waals surface area contributed by atoms with Gasteiger partial charge in [-0.15, -0.1) is 0 Å². The Kier molecular flexibility index (Phi) is 7.67. The molecule has 1 aliphatic heterocycles. The molecular formula is C29H30N2O4S2. The van der Waals surface area contributed by atoms with Gasteiger partial charge in [-0.3, -0.25) is 14.5 Å². The molecule has 0 spiro atoms. The summed E-state index contributed by atoms with van der Waals surface area (Å²) in [7, 11) is 0. The van der Waals surface area contributed by atoms with Gasteiger partial charge in [-0.05, 0) is 61.6 Å². The second-order valence-electron chi connectivity index (χ2n) is 9.80. The minimum absolute atomic E-state index is 0.0187. The van der Waals surface area contributed by atoms with Crippen LogP contribution in [0, 0.1) is 12.8 Å². The van der Waals surface area contributed by atoms with Crippen molar-refractivity contribution in [2.75, 3.05) is 6.54 Å². The minimum atomic E-state index is -0.104. The summed E-state index contributed by atoms with van der Waals surface area (Å²) in [4.78, 5) is 30.2. The molecule has 1 saturated heterocycles. The number of thioether (sulfide) groups is 1. The van der Waals surface area contributed by atoms with Crippen LogP contribution in [0.25, 0.3) is 6.08 Å². The number of carbonyl (C=O) groups excluding carboxylic acids is 2. The molecule has 3 aromatic rings. The van der Waals surface area contributed by atoms with Crippen molar-refractivity contribution in [3.05, 3.63) is 88.1 Å². The van der Waals surface area contributed by atoms with Crippen LogP contribution in [-0.4, -0.2) is 32.5 Å². The summed E-state index contributed by atoms with van der Waals surface area (Å²) in [6, 6.07) is 15.7. The third kappa shape index (κ3) is 6.25. The molecule has 6 nitrogen and oxygen atoms in total. The molecule has 0 radical (unpaired) electrons. The van der Waals surface area contributed by atoms with E-state index in [9.17, 15) is 9.59 Å². The van der Waals surface area contributed by atoms with Crippen LogP contribution in [-0.2, 0) is 22.7 Å². The van der Waals surface area contributed by atoms with Gasteiger partial charge in [0.2, 0.25) is 5.91 Å². The summed E-state index contributed by atoms with van der Waals surface area (Å²) in [5.41, 5.74) is 2.13. The molecule has 2 unspecified atom stereocenters. The molecule has 1 aliphatic carbocycles. The van der Waals surface area contributed by atoms with Gasteiger partial charge in [0.1, 0.15) is 21.6 Å². The lowest BCUT2D eigenvalue weighted by Gasteiger charge is -2.21. The van der Waals surface area contributed by atoms with Gasteiger partial charge in [0.25, 0.3) is 5.91 Å². The van der Waals surface area contributed by atoms with Crippen molar-refractivity contribution >= 4 is 46.2 Å². The molecule has 1 aromatic carbocycles.